The van der Waals surface area contributed by atoms with Crippen LogP contribution in [0.2, 0.25) is 0 Å². The third-order valence-corrected chi connectivity index (χ3v) is 4.85. The fourth-order valence-electron chi connectivity index (χ4n) is 3.58. The third kappa shape index (κ3) is 3.72. The van der Waals surface area contributed by atoms with Crippen LogP contribution in [0.25, 0.3) is 0 Å². The maximum Gasteiger partial charge on any atom is 0.303 e. The third-order valence-electron chi connectivity index (χ3n) is 4.85. The van der Waals surface area contributed by atoms with E-state index in [0.717, 1.165) is 38.5 Å². The van der Waals surface area contributed by atoms with Crippen LogP contribution in [-0.2, 0) is 14.3 Å². The van der Waals surface area contributed by atoms with Gasteiger partial charge in [-0.2, -0.15) is 0 Å². The van der Waals surface area contributed by atoms with Crippen LogP contribution >= 0.6 is 0 Å². The standard InChI is InChI=1S/C15H25NO4/c1-16(12-4-8-20-9-5-12)13(17)10-15(11-14(18)19)6-2-3-7-15/h12H,2-11H2,1H3,(H,18,19). The molecule has 0 bridgehead atoms. The van der Waals surface area contributed by atoms with Gasteiger partial charge < -0.3 is 14.7 Å². The molecule has 0 aromatic rings. The molecule has 1 N–H and O–H groups in total. The van der Waals surface area contributed by atoms with Gasteiger partial charge in [0.2, 0.25) is 5.91 Å². The Labute approximate surface area is 120 Å². The molecule has 114 valence electrons. The van der Waals surface area contributed by atoms with Crippen molar-refractivity contribution in [1.29, 1.82) is 0 Å². The smallest absolute Gasteiger partial charge is 0.303 e. The minimum absolute atomic E-state index is 0.0973. The molecule has 20 heavy (non-hydrogen) atoms. The molecular formula is C15H25NO4. The lowest BCUT2D eigenvalue weighted by molar-refractivity contribution is -0.142. The summed E-state index contributed by atoms with van der Waals surface area (Å²) >= 11 is 0. The molecule has 5 nitrogen and oxygen atoms in total. The number of rotatable bonds is 5. The molecule has 0 aromatic carbocycles. The van der Waals surface area contributed by atoms with Crippen molar-refractivity contribution < 1.29 is 19.4 Å². The molecule has 0 unspecified atom stereocenters. The average molecular weight is 283 g/mol. The minimum atomic E-state index is -0.784. The molecule has 2 fully saturated rings. The Morgan fingerprint density at radius 3 is 2.35 bits per heavy atom. The summed E-state index contributed by atoms with van der Waals surface area (Å²) in [5.41, 5.74) is -0.303. The Hall–Kier alpha value is -1.10. The van der Waals surface area contributed by atoms with Crippen LogP contribution in [0, 0.1) is 5.41 Å². The number of carboxylic acid groups (broad SMARTS) is 1. The maximum atomic E-state index is 12.5. The second-order valence-corrected chi connectivity index (χ2v) is 6.30. The zero-order valence-corrected chi connectivity index (χ0v) is 12.3. The molecule has 1 aliphatic carbocycles. The zero-order valence-electron chi connectivity index (χ0n) is 12.3. The number of ether oxygens (including phenoxy) is 1. The zero-order chi connectivity index (χ0) is 14.6. The van der Waals surface area contributed by atoms with Crippen molar-refractivity contribution in [1.82, 2.24) is 4.90 Å². The first-order valence-corrected chi connectivity index (χ1v) is 7.58. The number of amides is 1. The van der Waals surface area contributed by atoms with Gasteiger partial charge in [0.05, 0.1) is 6.42 Å². The summed E-state index contributed by atoms with van der Waals surface area (Å²) in [5, 5.41) is 9.10. The molecule has 2 rings (SSSR count). The number of hydrogen-bond acceptors (Lipinski definition) is 3. The highest BCUT2D eigenvalue weighted by Crippen LogP contribution is 2.44. The van der Waals surface area contributed by atoms with E-state index in [1.54, 1.807) is 0 Å². The molecule has 5 heteroatoms. The molecule has 0 aromatic heterocycles. The Kier molecular flexibility index (Phi) is 5.02. The first-order chi connectivity index (χ1) is 9.52. The van der Waals surface area contributed by atoms with Gasteiger partial charge >= 0.3 is 5.97 Å². The summed E-state index contributed by atoms with van der Waals surface area (Å²) in [6.07, 6.45) is 6.10. The number of hydrogen-bond donors (Lipinski definition) is 1. The van der Waals surface area contributed by atoms with Gasteiger partial charge in [0.1, 0.15) is 0 Å². The van der Waals surface area contributed by atoms with Gasteiger partial charge in [-0.25, -0.2) is 0 Å². The van der Waals surface area contributed by atoms with E-state index in [1.807, 2.05) is 11.9 Å². The Morgan fingerprint density at radius 1 is 1.20 bits per heavy atom. The topological polar surface area (TPSA) is 66.8 Å². The highest BCUT2D eigenvalue weighted by molar-refractivity contribution is 5.78. The van der Waals surface area contributed by atoms with Gasteiger partial charge in [0.25, 0.3) is 0 Å². The van der Waals surface area contributed by atoms with Crippen molar-refractivity contribution in [2.24, 2.45) is 5.41 Å². The van der Waals surface area contributed by atoms with Crippen LogP contribution in [0.1, 0.15) is 51.4 Å². The van der Waals surface area contributed by atoms with Gasteiger partial charge in [0, 0.05) is 32.7 Å². The van der Waals surface area contributed by atoms with E-state index >= 15 is 0 Å². The summed E-state index contributed by atoms with van der Waals surface area (Å²) in [6.45, 7) is 1.42. The van der Waals surface area contributed by atoms with Crippen molar-refractivity contribution in [2.75, 3.05) is 20.3 Å². The van der Waals surface area contributed by atoms with E-state index in [0.29, 0.717) is 19.6 Å². The molecule has 0 radical (unpaired) electrons. The molecule has 1 aliphatic heterocycles. The molecular weight excluding hydrogens is 258 g/mol. The normalized spacial score (nSPS) is 22.6. The fourth-order valence-corrected chi connectivity index (χ4v) is 3.58. The van der Waals surface area contributed by atoms with Gasteiger partial charge in [-0.15, -0.1) is 0 Å². The van der Waals surface area contributed by atoms with E-state index in [4.69, 9.17) is 9.84 Å². The number of carbonyl (C=O) groups excluding carboxylic acids is 1. The van der Waals surface area contributed by atoms with Crippen LogP contribution in [0.15, 0.2) is 0 Å². The molecule has 0 spiro atoms. The fraction of sp³-hybridized carbons (Fsp3) is 0.867. The van der Waals surface area contributed by atoms with Crippen LogP contribution < -0.4 is 0 Å². The summed E-state index contributed by atoms with van der Waals surface area (Å²) in [4.78, 5) is 25.4. The first kappa shape index (κ1) is 15.3. The Balaban J connectivity index is 1.95. The van der Waals surface area contributed by atoms with Crippen molar-refractivity contribution in [3.05, 3.63) is 0 Å². The van der Waals surface area contributed by atoms with E-state index in [1.165, 1.54) is 0 Å². The van der Waals surface area contributed by atoms with E-state index < -0.39 is 5.97 Å². The van der Waals surface area contributed by atoms with Gasteiger partial charge in [0.15, 0.2) is 0 Å². The average Bonchev–Trinajstić information content (AvgIpc) is 2.86. The van der Waals surface area contributed by atoms with Crippen LogP contribution in [0.4, 0.5) is 0 Å². The molecule has 1 heterocycles. The minimum Gasteiger partial charge on any atom is -0.481 e. The Bertz CT molecular complexity index is 357. The maximum absolute atomic E-state index is 12.5. The predicted octanol–water partition coefficient (Wildman–Crippen LogP) is 2.05. The molecule has 1 saturated heterocycles. The highest BCUT2D eigenvalue weighted by atomic mass is 16.5. The van der Waals surface area contributed by atoms with Crippen LogP contribution in [-0.4, -0.2) is 48.2 Å². The first-order valence-electron chi connectivity index (χ1n) is 7.58. The van der Waals surface area contributed by atoms with Crippen molar-refractivity contribution in [3.8, 4) is 0 Å². The monoisotopic (exact) mass is 283 g/mol. The number of nitrogens with zero attached hydrogens (tertiary/aromatic N) is 1. The highest BCUT2D eigenvalue weighted by Gasteiger charge is 2.39. The summed E-state index contributed by atoms with van der Waals surface area (Å²) in [7, 11) is 1.85. The lowest BCUT2D eigenvalue weighted by Crippen LogP contribution is -2.42. The molecule has 0 atom stereocenters. The van der Waals surface area contributed by atoms with Crippen LogP contribution in [0.3, 0.4) is 0 Å². The van der Waals surface area contributed by atoms with E-state index in [9.17, 15) is 9.59 Å². The van der Waals surface area contributed by atoms with Crippen molar-refractivity contribution in [2.45, 2.75) is 57.4 Å². The van der Waals surface area contributed by atoms with E-state index in [2.05, 4.69) is 0 Å². The van der Waals surface area contributed by atoms with Gasteiger partial charge in [-0.3, -0.25) is 9.59 Å². The van der Waals surface area contributed by atoms with Crippen LogP contribution in [0.5, 0.6) is 0 Å². The molecule has 2 aliphatic rings. The molecule has 1 amide bonds. The lowest BCUT2D eigenvalue weighted by atomic mass is 9.79. The quantitative estimate of drug-likeness (QED) is 0.838. The SMILES string of the molecule is CN(C(=O)CC1(CC(=O)O)CCCC1)C1CCOCC1. The van der Waals surface area contributed by atoms with Crippen molar-refractivity contribution in [3.63, 3.8) is 0 Å². The Morgan fingerprint density at radius 2 is 1.80 bits per heavy atom. The van der Waals surface area contributed by atoms with Gasteiger partial charge in [-0.1, -0.05) is 12.8 Å². The lowest BCUT2D eigenvalue weighted by Gasteiger charge is -2.34. The number of carboxylic acids is 1. The molecule has 1 saturated carbocycles. The summed E-state index contributed by atoms with van der Waals surface area (Å²) < 4.78 is 5.32. The van der Waals surface area contributed by atoms with Gasteiger partial charge in [-0.05, 0) is 31.1 Å². The van der Waals surface area contributed by atoms with E-state index in [-0.39, 0.29) is 23.8 Å². The number of carbonyl (C=O) groups is 2. The largest absolute Gasteiger partial charge is 0.481 e. The second-order valence-electron chi connectivity index (χ2n) is 6.30. The predicted molar refractivity (Wildman–Crippen MR) is 74.4 cm³/mol. The number of aliphatic carboxylic acids is 1. The van der Waals surface area contributed by atoms with Crippen molar-refractivity contribution >= 4 is 11.9 Å². The second kappa shape index (κ2) is 6.57. The summed E-state index contributed by atoms with van der Waals surface area (Å²) in [5.74, 6) is -0.687. The summed E-state index contributed by atoms with van der Waals surface area (Å²) in [6, 6.07) is 0.250.